The van der Waals surface area contributed by atoms with Gasteiger partial charge in [0.1, 0.15) is 0 Å². The molecule has 1 aromatic rings. The van der Waals surface area contributed by atoms with Gasteiger partial charge in [0, 0.05) is 18.7 Å². The number of likely N-dealkylation sites (tertiary alicyclic amines) is 1. The number of carbonyl (C=O) groups is 2. The van der Waals surface area contributed by atoms with E-state index in [4.69, 9.17) is 5.11 Å². The van der Waals surface area contributed by atoms with Crippen LogP contribution in [0.3, 0.4) is 0 Å². The van der Waals surface area contributed by atoms with Crippen molar-refractivity contribution in [2.45, 2.75) is 31.9 Å². The van der Waals surface area contributed by atoms with E-state index < -0.39 is 17.7 Å². The maximum absolute atomic E-state index is 12.7. The average molecular weight is 358 g/mol. The molecule has 0 saturated carbocycles. The molecule has 0 radical (unpaired) electrons. The Morgan fingerprint density at radius 3 is 2.76 bits per heavy atom. The number of hydrogen-bond acceptors (Lipinski definition) is 3. The summed E-state index contributed by atoms with van der Waals surface area (Å²) < 4.78 is 38.1. The van der Waals surface area contributed by atoms with Crippen molar-refractivity contribution in [1.29, 1.82) is 0 Å². The fraction of sp³-hybridized carbons (Fsp3) is 0.529. The second-order valence-corrected chi connectivity index (χ2v) is 6.30. The molecule has 1 atom stereocenters. The zero-order valence-corrected chi connectivity index (χ0v) is 13.7. The minimum Gasteiger partial charge on any atom is -0.481 e. The van der Waals surface area contributed by atoms with E-state index in [2.05, 4.69) is 5.32 Å². The molecule has 5 nitrogen and oxygen atoms in total. The molecule has 0 aromatic heterocycles. The fourth-order valence-electron chi connectivity index (χ4n) is 3.04. The predicted octanol–water partition coefficient (Wildman–Crippen LogP) is 3.22. The monoisotopic (exact) mass is 358 g/mol. The van der Waals surface area contributed by atoms with Gasteiger partial charge in [0.2, 0.25) is 5.91 Å². The van der Waals surface area contributed by atoms with Crippen molar-refractivity contribution in [3.63, 3.8) is 0 Å². The maximum atomic E-state index is 12.7. The van der Waals surface area contributed by atoms with Crippen LogP contribution >= 0.6 is 0 Å². The lowest BCUT2D eigenvalue weighted by Crippen LogP contribution is -2.40. The third-order valence-electron chi connectivity index (χ3n) is 4.21. The summed E-state index contributed by atoms with van der Waals surface area (Å²) in [5.74, 6) is -0.983. The third-order valence-corrected chi connectivity index (χ3v) is 4.21. The molecule has 1 heterocycles. The molecule has 1 amide bonds. The Hall–Kier alpha value is -2.09. The number of carboxylic acid groups (broad SMARTS) is 1. The summed E-state index contributed by atoms with van der Waals surface area (Å²) in [6.45, 7) is 1.43. The lowest BCUT2D eigenvalue weighted by molar-refractivity contribution is -0.138. The molecule has 25 heavy (non-hydrogen) atoms. The Kier molecular flexibility index (Phi) is 6.41. The molecular formula is C17H21F3N2O3. The summed E-state index contributed by atoms with van der Waals surface area (Å²) in [4.78, 5) is 24.6. The van der Waals surface area contributed by atoms with Gasteiger partial charge in [-0.2, -0.15) is 13.2 Å². The van der Waals surface area contributed by atoms with Crippen LogP contribution in [0.1, 0.15) is 31.2 Å². The molecule has 2 rings (SSSR count). The largest absolute Gasteiger partial charge is 0.481 e. The molecule has 0 spiro atoms. The van der Waals surface area contributed by atoms with Gasteiger partial charge in [-0.1, -0.05) is 6.07 Å². The van der Waals surface area contributed by atoms with Crippen LogP contribution in [0.4, 0.5) is 18.9 Å². The fourth-order valence-corrected chi connectivity index (χ4v) is 3.04. The van der Waals surface area contributed by atoms with E-state index in [1.807, 2.05) is 4.90 Å². The molecule has 1 aliphatic rings. The van der Waals surface area contributed by atoms with Gasteiger partial charge in [0.05, 0.1) is 12.1 Å². The molecule has 8 heteroatoms. The smallest absolute Gasteiger partial charge is 0.416 e. The Bertz CT molecular complexity index is 619. The van der Waals surface area contributed by atoms with Gasteiger partial charge in [-0.25, -0.2) is 0 Å². The van der Waals surface area contributed by atoms with Crippen molar-refractivity contribution >= 4 is 17.6 Å². The molecule has 0 bridgehead atoms. The van der Waals surface area contributed by atoms with Crippen LogP contribution in [0.25, 0.3) is 0 Å². The number of nitrogens with one attached hydrogen (secondary N) is 1. The Morgan fingerprint density at radius 2 is 2.08 bits per heavy atom. The Balaban J connectivity index is 1.86. The van der Waals surface area contributed by atoms with Gasteiger partial charge >= 0.3 is 12.1 Å². The lowest BCUT2D eigenvalue weighted by atomic mass is 9.93. The zero-order chi connectivity index (χ0) is 18.4. The van der Waals surface area contributed by atoms with Gasteiger partial charge in [-0.3, -0.25) is 14.5 Å². The molecule has 1 saturated heterocycles. The van der Waals surface area contributed by atoms with Gasteiger partial charge in [-0.15, -0.1) is 0 Å². The van der Waals surface area contributed by atoms with Crippen LogP contribution in [0, 0.1) is 5.92 Å². The molecule has 1 fully saturated rings. The SMILES string of the molecule is O=C(O)CCC1CCCN(CC(=O)Nc2cccc(C(F)(F)F)c2)C1. The van der Waals surface area contributed by atoms with Crippen molar-refractivity contribution in [2.24, 2.45) is 5.92 Å². The second-order valence-electron chi connectivity index (χ2n) is 6.30. The summed E-state index contributed by atoms with van der Waals surface area (Å²) in [7, 11) is 0. The van der Waals surface area contributed by atoms with E-state index in [-0.39, 0.29) is 30.5 Å². The van der Waals surface area contributed by atoms with Gasteiger partial charge in [-0.05, 0) is 49.9 Å². The van der Waals surface area contributed by atoms with Crippen molar-refractivity contribution in [1.82, 2.24) is 4.90 Å². The minimum atomic E-state index is -4.45. The van der Waals surface area contributed by atoms with E-state index in [0.29, 0.717) is 13.0 Å². The number of piperidine rings is 1. The number of halogens is 3. The summed E-state index contributed by atoms with van der Waals surface area (Å²) in [5, 5.41) is 11.2. The van der Waals surface area contributed by atoms with E-state index in [0.717, 1.165) is 31.5 Å². The number of alkyl halides is 3. The highest BCUT2D eigenvalue weighted by Crippen LogP contribution is 2.30. The topological polar surface area (TPSA) is 69.6 Å². The van der Waals surface area contributed by atoms with E-state index in [1.165, 1.54) is 12.1 Å². The molecule has 1 unspecified atom stereocenters. The van der Waals surface area contributed by atoms with E-state index in [9.17, 15) is 22.8 Å². The van der Waals surface area contributed by atoms with E-state index >= 15 is 0 Å². The molecule has 1 aromatic carbocycles. The standard InChI is InChI=1S/C17H21F3N2O3/c18-17(19,20)13-4-1-5-14(9-13)21-15(23)11-22-8-2-3-12(10-22)6-7-16(24)25/h1,4-5,9,12H,2-3,6-8,10-11H2,(H,21,23)(H,24,25). The summed E-state index contributed by atoms with van der Waals surface area (Å²) >= 11 is 0. The third kappa shape index (κ3) is 6.38. The van der Waals surface area contributed by atoms with Crippen molar-refractivity contribution in [2.75, 3.05) is 25.0 Å². The Labute approximate surface area is 143 Å². The number of rotatable bonds is 6. The highest BCUT2D eigenvalue weighted by Gasteiger charge is 2.30. The zero-order valence-electron chi connectivity index (χ0n) is 13.7. The van der Waals surface area contributed by atoms with Crippen LogP contribution in [-0.2, 0) is 15.8 Å². The van der Waals surface area contributed by atoms with Crippen molar-refractivity contribution in [3.8, 4) is 0 Å². The number of aliphatic carboxylic acids is 1. The quantitative estimate of drug-likeness (QED) is 0.819. The highest BCUT2D eigenvalue weighted by molar-refractivity contribution is 5.92. The van der Waals surface area contributed by atoms with Crippen molar-refractivity contribution in [3.05, 3.63) is 29.8 Å². The highest BCUT2D eigenvalue weighted by atomic mass is 19.4. The second kappa shape index (κ2) is 8.33. The van der Waals surface area contributed by atoms with Crippen LogP contribution in [0.5, 0.6) is 0 Å². The average Bonchev–Trinajstić information content (AvgIpc) is 2.52. The molecular weight excluding hydrogens is 337 g/mol. The first-order valence-corrected chi connectivity index (χ1v) is 8.15. The lowest BCUT2D eigenvalue weighted by Gasteiger charge is -2.32. The number of amides is 1. The number of hydrogen-bond donors (Lipinski definition) is 2. The molecule has 1 aliphatic heterocycles. The van der Waals surface area contributed by atoms with Gasteiger partial charge in [0.15, 0.2) is 0 Å². The first-order valence-electron chi connectivity index (χ1n) is 8.15. The van der Waals surface area contributed by atoms with Crippen LogP contribution < -0.4 is 5.32 Å². The van der Waals surface area contributed by atoms with Gasteiger partial charge < -0.3 is 10.4 Å². The van der Waals surface area contributed by atoms with Crippen molar-refractivity contribution < 1.29 is 27.9 Å². The number of carboxylic acids is 1. The normalized spacial score (nSPS) is 18.8. The summed E-state index contributed by atoms with van der Waals surface area (Å²) in [6.07, 6.45) is -1.97. The molecule has 0 aliphatic carbocycles. The first kappa shape index (κ1) is 19.2. The van der Waals surface area contributed by atoms with E-state index in [1.54, 1.807) is 0 Å². The number of benzene rings is 1. The Morgan fingerprint density at radius 1 is 1.32 bits per heavy atom. The number of anilines is 1. The van der Waals surface area contributed by atoms with Gasteiger partial charge in [0.25, 0.3) is 0 Å². The minimum absolute atomic E-state index is 0.0832. The first-order chi connectivity index (χ1) is 11.7. The van der Waals surface area contributed by atoms with Crippen LogP contribution in [0.2, 0.25) is 0 Å². The molecule has 138 valence electrons. The van der Waals surface area contributed by atoms with Crippen LogP contribution in [-0.4, -0.2) is 41.5 Å². The van der Waals surface area contributed by atoms with Crippen LogP contribution in [0.15, 0.2) is 24.3 Å². The summed E-state index contributed by atoms with van der Waals surface area (Å²) in [5.41, 5.74) is -0.698. The maximum Gasteiger partial charge on any atom is 0.416 e. The summed E-state index contributed by atoms with van der Waals surface area (Å²) in [6, 6.07) is 4.53. The predicted molar refractivity (Wildman–Crippen MR) is 86.1 cm³/mol. The number of nitrogens with zero attached hydrogens (tertiary/aromatic N) is 1. The molecule has 2 N–H and O–H groups in total. The number of carbonyl (C=O) groups excluding carboxylic acids is 1.